The van der Waals surface area contributed by atoms with Crippen molar-refractivity contribution in [3.8, 4) is 0 Å². The van der Waals surface area contributed by atoms with Gasteiger partial charge in [-0.05, 0) is 73.1 Å². The molecular weight excluding hydrogens is 314 g/mol. The van der Waals surface area contributed by atoms with Gasteiger partial charge in [0, 0.05) is 23.4 Å². The van der Waals surface area contributed by atoms with Gasteiger partial charge in [0.15, 0.2) is 0 Å². The fraction of sp³-hybridized carbons (Fsp3) is 0.360. The third kappa shape index (κ3) is 2.09. The lowest BCUT2D eigenvalue weighted by Crippen LogP contribution is -2.37. The van der Waals surface area contributed by atoms with Crippen LogP contribution in [0.3, 0.4) is 0 Å². The van der Waals surface area contributed by atoms with Gasteiger partial charge in [0.25, 0.3) is 0 Å². The fourth-order valence-electron chi connectivity index (χ4n) is 5.12. The molecule has 1 heteroatoms. The molecule has 0 fully saturated rings. The number of allylic oxidation sites excluding steroid dienone is 3. The topological polar surface area (TPSA) is 3.24 Å². The quantitative estimate of drug-likeness (QED) is 0.595. The molecule has 2 heterocycles. The van der Waals surface area contributed by atoms with Crippen molar-refractivity contribution in [2.75, 3.05) is 4.90 Å². The number of hydrogen-bond acceptors (Lipinski definition) is 1. The normalized spacial score (nSPS) is 19.7. The third-order valence-corrected chi connectivity index (χ3v) is 6.20. The summed E-state index contributed by atoms with van der Waals surface area (Å²) in [5.74, 6) is 0.664. The maximum Gasteiger partial charge on any atom is 0.0784 e. The van der Waals surface area contributed by atoms with E-state index in [0.717, 1.165) is 12.8 Å². The number of benzene rings is 2. The predicted molar refractivity (Wildman–Crippen MR) is 111 cm³/mol. The minimum atomic E-state index is 0.344. The first kappa shape index (κ1) is 15.9. The van der Waals surface area contributed by atoms with Crippen molar-refractivity contribution in [3.63, 3.8) is 0 Å². The van der Waals surface area contributed by atoms with E-state index in [1.54, 1.807) is 16.7 Å². The largest absolute Gasteiger partial charge is 0.334 e. The maximum absolute atomic E-state index is 2.60. The van der Waals surface area contributed by atoms with Crippen LogP contribution >= 0.6 is 0 Å². The van der Waals surface area contributed by atoms with Crippen LogP contribution in [0.1, 0.15) is 66.6 Å². The first-order valence-electron chi connectivity index (χ1n) is 9.88. The molecule has 132 valence electrons. The van der Waals surface area contributed by atoms with Crippen molar-refractivity contribution in [3.05, 3.63) is 75.5 Å². The van der Waals surface area contributed by atoms with Gasteiger partial charge >= 0.3 is 0 Å². The molecule has 5 rings (SSSR count). The number of rotatable bonds is 2. The highest BCUT2D eigenvalue weighted by molar-refractivity contribution is 5.93. The van der Waals surface area contributed by atoms with Crippen LogP contribution < -0.4 is 4.90 Å². The summed E-state index contributed by atoms with van der Waals surface area (Å²) >= 11 is 0. The van der Waals surface area contributed by atoms with Gasteiger partial charge in [-0.25, -0.2) is 0 Å². The zero-order chi connectivity index (χ0) is 18.2. The van der Waals surface area contributed by atoms with Gasteiger partial charge in [-0.1, -0.05) is 49.2 Å². The van der Waals surface area contributed by atoms with Crippen molar-refractivity contribution >= 4 is 16.8 Å². The highest BCUT2D eigenvalue weighted by Gasteiger charge is 2.39. The van der Waals surface area contributed by atoms with E-state index < -0.39 is 0 Å². The Morgan fingerprint density at radius 3 is 2.62 bits per heavy atom. The van der Waals surface area contributed by atoms with Gasteiger partial charge < -0.3 is 4.90 Å². The Kier molecular flexibility index (Phi) is 3.28. The van der Waals surface area contributed by atoms with Gasteiger partial charge in [0.2, 0.25) is 0 Å². The molecule has 2 aliphatic heterocycles. The second-order valence-corrected chi connectivity index (χ2v) is 8.75. The molecule has 0 saturated heterocycles. The van der Waals surface area contributed by atoms with Crippen LogP contribution in [0.2, 0.25) is 0 Å². The van der Waals surface area contributed by atoms with Gasteiger partial charge in [0.05, 0.1) is 6.04 Å². The first-order valence-corrected chi connectivity index (χ1v) is 9.88. The predicted octanol–water partition coefficient (Wildman–Crippen LogP) is 6.59. The summed E-state index contributed by atoms with van der Waals surface area (Å²) in [7, 11) is 0. The average Bonchev–Trinajstić information content (AvgIpc) is 2.55. The average molecular weight is 341 g/mol. The molecule has 0 radical (unpaired) electrons. The molecule has 0 aromatic heterocycles. The summed E-state index contributed by atoms with van der Waals surface area (Å²) in [4.78, 5) is 2.60. The Balaban J connectivity index is 1.77. The van der Waals surface area contributed by atoms with Gasteiger partial charge in [-0.3, -0.25) is 0 Å². The molecule has 1 unspecified atom stereocenters. The summed E-state index contributed by atoms with van der Waals surface area (Å²) in [6, 6.07) is 12.1. The Labute approximate surface area is 157 Å². The summed E-state index contributed by atoms with van der Waals surface area (Å²) in [5.41, 5.74) is 14.7. The molecule has 1 aliphatic carbocycles. The van der Waals surface area contributed by atoms with Crippen molar-refractivity contribution < 1.29 is 0 Å². The number of anilines is 1. The molecule has 0 N–H and O–H groups in total. The maximum atomic E-state index is 2.60. The Morgan fingerprint density at radius 1 is 1.04 bits per heavy atom. The van der Waals surface area contributed by atoms with E-state index in [4.69, 9.17) is 0 Å². The minimum Gasteiger partial charge on any atom is -0.334 e. The van der Waals surface area contributed by atoms with Crippen LogP contribution in [0.4, 0.5) is 5.69 Å². The van der Waals surface area contributed by atoms with E-state index in [-0.39, 0.29) is 0 Å². The van der Waals surface area contributed by atoms with E-state index in [0.29, 0.717) is 12.0 Å². The number of aryl methyl sites for hydroxylation is 2. The zero-order valence-electron chi connectivity index (χ0n) is 16.5. The minimum absolute atomic E-state index is 0.344. The third-order valence-electron chi connectivity index (χ3n) is 6.20. The van der Waals surface area contributed by atoms with Crippen LogP contribution in [0.15, 0.2) is 42.1 Å². The van der Waals surface area contributed by atoms with Crippen LogP contribution in [0.25, 0.3) is 11.1 Å². The lowest BCUT2D eigenvalue weighted by molar-refractivity contribution is 0.665. The van der Waals surface area contributed by atoms with Crippen LogP contribution in [-0.2, 0) is 6.42 Å². The second kappa shape index (κ2) is 5.36. The lowest BCUT2D eigenvalue weighted by atomic mass is 9.71. The van der Waals surface area contributed by atoms with Crippen LogP contribution in [-0.4, -0.2) is 0 Å². The van der Waals surface area contributed by atoms with Crippen molar-refractivity contribution in [1.82, 2.24) is 0 Å². The molecule has 26 heavy (non-hydrogen) atoms. The van der Waals surface area contributed by atoms with E-state index in [9.17, 15) is 0 Å². The molecule has 2 aromatic rings. The summed E-state index contributed by atoms with van der Waals surface area (Å²) < 4.78 is 0. The molecule has 0 spiro atoms. The SMILES string of the molecule is CC1=C2Cc3cc(C)cc(c32)C2C=C(CC(C)C)c3cc(C)ccc3N12. The second-order valence-electron chi connectivity index (χ2n) is 8.75. The van der Waals surface area contributed by atoms with Crippen molar-refractivity contribution in [1.29, 1.82) is 0 Å². The number of hydrogen-bond donors (Lipinski definition) is 0. The molecule has 1 nitrogen and oxygen atoms in total. The van der Waals surface area contributed by atoms with Crippen molar-refractivity contribution in [2.24, 2.45) is 5.92 Å². The van der Waals surface area contributed by atoms with E-state index >= 15 is 0 Å². The summed E-state index contributed by atoms with van der Waals surface area (Å²) in [6.45, 7) is 11.4. The molecule has 0 amide bonds. The fourth-order valence-corrected chi connectivity index (χ4v) is 5.12. The van der Waals surface area contributed by atoms with Gasteiger partial charge in [-0.2, -0.15) is 0 Å². The summed E-state index contributed by atoms with van der Waals surface area (Å²) in [5, 5.41) is 0. The van der Waals surface area contributed by atoms with Crippen molar-refractivity contribution in [2.45, 2.75) is 53.5 Å². The number of fused-ring (bicyclic) bond motifs is 4. The Morgan fingerprint density at radius 2 is 1.85 bits per heavy atom. The van der Waals surface area contributed by atoms with E-state index in [1.165, 1.54) is 39.2 Å². The summed E-state index contributed by atoms with van der Waals surface area (Å²) in [6.07, 6.45) is 4.82. The Bertz CT molecular complexity index is 1000. The van der Waals surface area contributed by atoms with Crippen LogP contribution in [0.5, 0.6) is 0 Å². The molecule has 3 aliphatic rings. The standard InChI is InChI=1S/C25H27N/c1-14(2)8-18-13-24-22-11-16(4)9-19-12-20(25(19)22)17(5)26(24)23-7-6-15(3)10-21(18)23/h6-7,9-11,13-14,24H,8,12H2,1-5H3. The van der Waals surface area contributed by atoms with Gasteiger partial charge in [0.1, 0.15) is 0 Å². The monoisotopic (exact) mass is 341 g/mol. The molecule has 1 atom stereocenters. The van der Waals surface area contributed by atoms with Gasteiger partial charge in [-0.15, -0.1) is 0 Å². The number of nitrogens with zero attached hydrogens (tertiary/aromatic N) is 1. The first-order chi connectivity index (χ1) is 12.4. The molecule has 2 aromatic carbocycles. The van der Waals surface area contributed by atoms with E-state index in [2.05, 4.69) is 75.9 Å². The molecular formula is C25H27N. The molecule has 0 saturated carbocycles. The molecule has 0 bridgehead atoms. The Hall–Kier alpha value is -2.28. The zero-order valence-corrected chi connectivity index (χ0v) is 16.5. The highest BCUT2D eigenvalue weighted by atomic mass is 15.2. The van der Waals surface area contributed by atoms with E-state index in [1.807, 2.05) is 0 Å². The highest BCUT2D eigenvalue weighted by Crippen LogP contribution is 2.54. The van der Waals surface area contributed by atoms with Crippen LogP contribution in [0, 0.1) is 19.8 Å². The smallest absolute Gasteiger partial charge is 0.0784 e. The lowest BCUT2D eigenvalue weighted by Gasteiger charge is -2.47.